The highest BCUT2D eigenvalue weighted by Crippen LogP contribution is 2.30. The molecule has 4 rings (SSSR count). The van der Waals surface area contributed by atoms with E-state index in [1.807, 2.05) is 0 Å². The van der Waals surface area contributed by atoms with Crippen LogP contribution >= 0.6 is 0 Å². The van der Waals surface area contributed by atoms with Crippen molar-refractivity contribution in [3.63, 3.8) is 0 Å². The number of nitrogens with one attached hydrogen (secondary N) is 1. The van der Waals surface area contributed by atoms with Crippen LogP contribution in [0.15, 0.2) is 23.8 Å². The molecule has 1 aromatic carbocycles. The average molecular weight is 497 g/mol. The van der Waals surface area contributed by atoms with Gasteiger partial charge < -0.3 is 44.7 Å². The molecule has 0 radical (unpaired) electrons. The Bertz CT molecular complexity index is 1000. The zero-order valence-electron chi connectivity index (χ0n) is 19.0. The lowest BCUT2D eigenvalue weighted by atomic mass is 9.83. The third-order valence-corrected chi connectivity index (χ3v) is 6.34. The van der Waals surface area contributed by atoms with Crippen LogP contribution in [0.25, 0.3) is 6.08 Å². The van der Waals surface area contributed by atoms with Gasteiger partial charge in [-0.05, 0) is 37.6 Å². The van der Waals surface area contributed by atoms with Crippen molar-refractivity contribution in [2.24, 2.45) is 0 Å². The molecule has 2 unspecified atom stereocenters. The van der Waals surface area contributed by atoms with Crippen LogP contribution < -0.4 is 10.1 Å². The summed E-state index contributed by atoms with van der Waals surface area (Å²) < 4.78 is 35.8. The maximum atomic E-state index is 14.6. The van der Waals surface area contributed by atoms with E-state index in [1.165, 1.54) is 32.1 Å². The molecule has 1 aromatic rings. The van der Waals surface area contributed by atoms with Gasteiger partial charge in [0.15, 0.2) is 17.3 Å². The summed E-state index contributed by atoms with van der Waals surface area (Å²) in [5.41, 5.74) is 0.470. The number of aliphatic hydroxyl groups excluding tert-OH is 4. The van der Waals surface area contributed by atoms with E-state index in [4.69, 9.17) is 18.9 Å². The van der Waals surface area contributed by atoms with E-state index < -0.39 is 66.8 Å². The minimum atomic E-state index is -1.49. The third-order valence-electron chi connectivity index (χ3n) is 6.34. The number of carbonyl (C=O) groups excluding carboxylic acids is 2. The number of ketones is 1. The Labute approximate surface area is 200 Å². The van der Waals surface area contributed by atoms with Crippen molar-refractivity contribution < 1.29 is 53.4 Å². The Hall–Kier alpha value is -2.45. The molecule has 1 amide bonds. The summed E-state index contributed by atoms with van der Waals surface area (Å²) in [4.78, 5) is 24.1. The summed E-state index contributed by atoms with van der Waals surface area (Å²) in [6.07, 6.45) is -7.62. The van der Waals surface area contributed by atoms with E-state index >= 15 is 0 Å². The van der Waals surface area contributed by atoms with Crippen molar-refractivity contribution in [2.75, 3.05) is 6.79 Å². The number of carbonyl (C=O) groups is 2. The number of Topliss-reactive ketones (excluding diaryl/α,β-unsaturated/α-hetero) is 1. The molecule has 2 heterocycles. The van der Waals surface area contributed by atoms with Gasteiger partial charge in [0.1, 0.15) is 43.4 Å². The Morgan fingerprint density at radius 1 is 1.09 bits per heavy atom. The number of fused-ring (bicyclic) bond motifs is 1. The summed E-state index contributed by atoms with van der Waals surface area (Å²) in [6, 6.07) is 2.73. The summed E-state index contributed by atoms with van der Waals surface area (Å²) in [6.45, 7) is 2.59. The first-order valence-corrected chi connectivity index (χ1v) is 11.1. The van der Waals surface area contributed by atoms with E-state index in [9.17, 15) is 34.4 Å². The number of rotatable bonds is 6. The topological polar surface area (TPSA) is 164 Å². The number of hydrogen-bond donors (Lipinski definition) is 5. The summed E-state index contributed by atoms with van der Waals surface area (Å²) >= 11 is 0. The van der Waals surface area contributed by atoms with Crippen molar-refractivity contribution >= 4 is 17.8 Å². The molecule has 12 heteroatoms. The molecule has 3 aliphatic rings. The number of aliphatic hydroxyl groups is 4. The van der Waals surface area contributed by atoms with Gasteiger partial charge in [-0.2, -0.15) is 0 Å². The summed E-state index contributed by atoms with van der Waals surface area (Å²) in [5.74, 6) is -1.91. The molecule has 0 spiro atoms. The second kappa shape index (κ2) is 10.3. The van der Waals surface area contributed by atoms with Gasteiger partial charge in [0.05, 0.1) is 12.1 Å². The maximum Gasteiger partial charge on any atom is 0.247 e. The Balaban J connectivity index is 1.40. The van der Waals surface area contributed by atoms with Gasteiger partial charge in [0, 0.05) is 12.0 Å². The summed E-state index contributed by atoms with van der Waals surface area (Å²) in [5, 5.41) is 43.4. The highest BCUT2D eigenvalue weighted by Gasteiger charge is 2.53. The number of halogens is 1. The van der Waals surface area contributed by atoms with Crippen LogP contribution in [0.1, 0.15) is 25.8 Å². The van der Waals surface area contributed by atoms with Crippen LogP contribution in [0, 0.1) is 5.82 Å². The van der Waals surface area contributed by atoms with Gasteiger partial charge >= 0.3 is 0 Å². The van der Waals surface area contributed by atoms with Crippen LogP contribution in [-0.4, -0.2) is 94.0 Å². The van der Waals surface area contributed by atoms with Crippen molar-refractivity contribution in [3.05, 3.63) is 35.2 Å². The standard InChI is InChI=1S/C23H28FNO10/c1-9(23(31)25-16-17(28)19(30)22-21(18(16)29)32-8-33-22)5-11-3-4-14(12(24)6-11)34-15-7-13(27)20(35-15)10(2)26/h3-6,13,15-22,27-30H,7-8H2,1-2H3,(H,25,31)/b9-5+/t13-,15?,16?,17-,18+,19+,20+,21-,22+/m0/s1. The molecule has 3 fully saturated rings. The predicted octanol–water partition coefficient (Wildman–Crippen LogP) is -1.00. The molecule has 35 heavy (non-hydrogen) atoms. The minimum Gasteiger partial charge on any atom is -0.462 e. The van der Waals surface area contributed by atoms with Crippen LogP contribution in [0.4, 0.5) is 4.39 Å². The molecule has 2 aliphatic heterocycles. The van der Waals surface area contributed by atoms with E-state index in [2.05, 4.69) is 5.32 Å². The second-order valence-electron chi connectivity index (χ2n) is 8.89. The van der Waals surface area contributed by atoms with E-state index in [0.717, 1.165) is 6.07 Å². The van der Waals surface area contributed by atoms with E-state index in [0.29, 0.717) is 5.56 Å². The second-order valence-corrected chi connectivity index (χ2v) is 8.89. The fourth-order valence-corrected chi connectivity index (χ4v) is 4.45. The first-order valence-electron chi connectivity index (χ1n) is 11.1. The fraction of sp³-hybridized carbons (Fsp3) is 0.565. The van der Waals surface area contributed by atoms with Gasteiger partial charge in [-0.1, -0.05) is 6.07 Å². The third kappa shape index (κ3) is 5.23. The van der Waals surface area contributed by atoms with Crippen molar-refractivity contribution in [2.45, 2.75) is 75.3 Å². The normalized spacial score (nSPS) is 37.1. The Morgan fingerprint density at radius 3 is 2.40 bits per heavy atom. The first kappa shape index (κ1) is 25.6. The minimum absolute atomic E-state index is 0.0109. The Morgan fingerprint density at radius 2 is 1.77 bits per heavy atom. The number of hydrogen-bond acceptors (Lipinski definition) is 10. The van der Waals surface area contributed by atoms with Crippen molar-refractivity contribution in [1.82, 2.24) is 5.32 Å². The molecule has 1 saturated carbocycles. The Kier molecular flexibility index (Phi) is 7.52. The molecule has 0 bridgehead atoms. The van der Waals surface area contributed by atoms with E-state index in [-0.39, 0.29) is 30.3 Å². The van der Waals surface area contributed by atoms with Gasteiger partial charge in [-0.25, -0.2) is 4.39 Å². The number of amides is 1. The monoisotopic (exact) mass is 497 g/mol. The van der Waals surface area contributed by atoms with Crippen molar-refractivity contribution in [1.29, 1.82) is 0 Å². The lowest BCUT2D eigenvalue weighted by molar-refractivity contribution is -0.155. The zero-order valence-corrected chi connectivity index (χ0v) is 19.0. The highest BCUT2D eigenvalue weighted by atomic mass is 19.1. The molecule has 9 atom stereocenters. The maximum absolute atomic E-state index is 14.6. The molecule has 0 aromatic heterocycles. The molecular formula is C23H28FNO10. The molecule has 1 aliphatic carbocycles. The van der Waals surface area contributed by atoms with Crippen LogP contribution in [-0.2, 0) is 23.8 Å². The predicted molar refractivity (Wildman–Crippen MR) is 115 cm³/mol. The zero-order chi connectivity index (χ0) is 25.4. The first-order chi connectivity index (χ1) is 16.6. The SMILES string of the molecule is CC(=O)[C@H]1OC(Oc2ccc(/C=C(\C)C(=O)NC3[C@@H](O)[C@@H]4OCO[C@@H]4[C@H](O)[C@H]3O)cc2F)C[C@@H]1O. The summed E-state index contributed by atoms with van der Waals surface area (Å²) in [7, 11) is 0. The van der Waals surface area contributed by atoms with Gasteiger partial charge in [0.25, 0.3) is 0 Å². The quantitative estimate of drug-likeness (QED) is 0.308. The average Bonchev–Trinajstić information content (AvgIpc) is 3.44. The van der Waals surface area contributed by atoms with Crippen LogP contribution in [0.5, 0.6) is 5.75 Å². The lowest BCUT2D eigenvalue weighted by Gasteiger charge is -2.41. The lowest BCUT2D eigenvalue weighted by Crippen LogP contribution is -2.67. The fourth-order valence-electron chi connectivity index (χ4n) is 4.45. The van der Waals surface area contributed by atoms with Crippen molar-refractivity contribution in [3.8, 4) is 5.75 Å². The molecule has 2 saturated heterocycles. The molecular weight excluding hydrogens is 469 g/mol. The van der Waals surface area contributed by atoms with E-state index in [1.54, 1.807) is 0 Å². The smallest absolute Gasteiger partial charge is 0.247 e. The molecule has 11 nitrogen and oxygen atoms in total. The number of benzene rings is 1. The van der Waals surface area contributed by atoms with Gasteiger partial charge in [-0.15, -0.1) is 0 Å². The van der Waals surface area contributed by atoms with Crippen LogP contribution in [0.2, 0.25) is 0 Å². The van der Waals surface area contributed by atoms with Crippen LogP contribution in [0.3, 0.4) is 0 Å². The number of ether oxygens (including phenoxy) is 4. The largest absolute Gasteiger partial charge is 0.462 e. The van der Waals surface area contributed by atoms with Gasteiger partial charge in [0.2, 0.25) is 12.2 Å². The molecule has 5 N–H and O–H groups in total. The molecule has 192 valence electrons. The highest BCUT2D eigenvalue weighted by molar-refractivity contribution is 5.97. The van der Waals surface area contributed by atoms with Gasteiger partial charge in [-0.3, -0.25) is 9.59 Å².